The minimum atomic E-state index is 0.724. The molecule has 3 nitrogen and oxygen atoms in total. The molecule has 0 aliphatic carbocycles. The third-order valence-electron chi connectivity index (χ3n) is 3.92. The molecule has 20 heavy (non-hydrogen) atoms. The molecule has 1 saturated heterocycles. The predicted molar refractivity (Wildman–Crippen MR) is 83.8 cm³/mol. The Kier molecular flexibility index (Phi) is 7.06. The smallest absolute Gasteiger partial charge is 0.0719 e. The van der Waals surface area contributed by atoms with Crippen LogP contribution in [0.15, 0.2) is 24.3 Å². The molecule has 1 aromatic carbocycles. The first-order valence-electron chi connectivity index (χ1n) is 7.97. The lowest BCUT2D eigenvalue weighted by atomic mass is 10.1. The van der Waals surface area contributed by atoms with Crippen molar-refractivity contribution in [1.29, 1.82) is 0 Å². The summed E-state index contributed by atoms with van der Waals surface area (Å²) in [5.41, 5.74) is 2.67. The molecule has 0 aromatic heterocycles. The SMILES string of the molecule is CCOCc1ccccc1CNCCCN1CCCC1. The zero-order valence-corrected chi connectivity index (χ0v) is 12.7. The van der Waals surface area contributed by atoms with E-state index in [1.807, 2.05) is 6.92 Å². The molecule has 1 aliphatic rings. The number of likely N-dealkylation sites (tertiary alicyclic amines) is 1. The second-order valence-electron chi connectivity index (χ2n) is 5.48. The lowest BCUT2D eigenvalue weighted by molar-refractivity contribution is 0.133. The Bertz CT molecular complexity index is 375. The Labute approximate surface area is 123 Å². The topological polar surface area (TPSA) is 24.5 Å². The van der Waals surface area contributed by atoms with Crippen molar-refractivity contribution in [2.45, 2.75) is 39.3 Å². The van der Waals surface area contributed by atoms with Crippen LogP contribution in [0.3, 0.4) is 0 Å². The zero-order valence-electron chi connectivity index (χ0n) is 12.7. The van der Waals surface area contributed by atoms with Crippen molar-refractivity contribution in [3.8, 4) is 0 Å². The van der Waals surface area contributed by atoms with Gasteiger partial charge in [0.05, 0.1) is 6.61 Å². The zero-order chi connectivity index (χ0) is 14.0. The van der Waals surface area contributed by atoms with E-state index in [2.05, 4.69) is 34.5 Å². The molecule has 1 aliphatic heterocycles. The maximum atomic E-state index is 5.52. The van der Waals surface area contributed by atoms with Gasteiger partial charge in [-0.25, -0.2) is 0 Å². The van der Waals surface area contributed by atoms with Gasteiger partial charge in [-0.15, -0.1) is 0 Å². The molecule has 0 radical (unpaired) electrons. The summed E-state index contributed by atoms with van der Waals surface area (Å²) in [4.78, 5) is 2.57. The van der Waals surface area contributed by atoms with Gasteiger partial charge in [-0.1, -0.05) is 24.3 Å². The number of ether oxygens (including phenoxy) is 1. The number of rotatable bonds is 9. The summed E-state index contributed by atoms with van der Waals surface area (Å²) < 4.78 is 5.52. The largest absolute Gasteiger partial charge is 0.377 e. The summed E-state index contributed by atoms with van der Waals surface area (Å²) in [7, 11) is 0. The summed E-state index contributed by atoms with van der Waals surface area (Å²) in [6, 6.07) is 8.56. The fourth-order valence-electron chi connectivity index (χ4n) is 2.74. The maximum Gasteiger partial charge on any atom is 0.0719 e. The average Bonchev–Trinajstić information content (AvgIpc) is 2.99. The van der Waals surface area contributed by atoms with Gasteiger partial charge >= 0.3 is 0 Å². The van der Waals surface area contributed by atoms with Crippen molar-refractivity contribution >= 4 is 0 Å². The molecule has 1 aromatic rings. The van der Waals surface area contributed by atoms with E-state index in [-0.39, 0.29) is 0 Å². The van der Waals surface area contributed by atoms with Crippen molar-refractivity contribution in [3.63, 3.8) is 0 Å². The summed E-state index contributed by atoms with van der Waals surface area (Å²) in [6.45, 7) is 9.43. The molecule has 0 atom stereocenters. The van der Waals surface area contributed by atoms with Crippen LogP contribution >= 0.6 is 0 Å². The number of hydrogen-bond acceptors (Lipinski definition) is 3. The van der Waals surface area contributed by atoms with Gasteiger partial charge in [-0.05, 0) is 63.5 Å². The summed E-state index contributed by atoms with van der Waals surface area (Å²) in [6.07, 6.45) is 4.02. The second-order valence-corrected chi connectivity index (χ2v) is 5.48. The van der Waals surface area contributed by atoms with Crippen molar-refractivity contribution in [1.82, 2.24) is 10.2 Å². The quantitative estimate of drug-likeness (QED) is 0.702. The van der Waals surface area contributed by atoms with E-state index < -0.39 is 0 Å². The van der Waals surface area contributed by atoms with Crippen LogP contribution in [0.2, 0.25) is 0 Å². The van der Waals surface area contributed by atoms with Crippen LogP contribution < -0.4 is 5.32 Å². The van der Waals surface area contributed by atoms with Crippen LogP contribution in [0.1, 0.15) is 37.3 Å². The Hall–Kier alpha value is -0.900. The molecular formula is C17H28N2O. The van der Waals surface area contributed by atoms with Gasteiger partial charge < -0.3 is 15.0 Å². The van der Waals surface area contributed by atoms with E-state index in [1.54, 1.807) is 0 Å². The molecule has 3 heteroatoms. The van der Waals surface area contributed by atoms with E-state index in [0.29, 0.717) is 0 Å². The molecular weight excluding hydrogens is 248 g/mol. The normalized spacial score (nSPS) is 15.8. The minimum Gasteiger partial charge on any atom is -0.377 e. The molecule has 1 heterocycles. The standard InChI is InChI=1S/C17H28N2O/c1-2-20-15-17-9-4-3-8-16(17)14-18-10-7-13-19-11-5-6-12-19/h3-4,8-9,18H,2,5-7,10-15H2,1H3. The Morgan fingerprint density at radius 3 is 2.65 bits per heavy atom. The summed E-state index contributed by atoms with van der Waals surface area (Å²) in [5, 5.41) is 3.56. The first-order valence-corrected chi connectivity index (χ1v) is 7.97. The molecule has 112 valence electrons. The Balaban J connectivity index is 1.65. The third-order valence-corrected chi connectivity index (χ3v) is 3.92. The highest BCUT2D eigenvalue weighted by Gasteiger charge is 2.10. The monoisotopic (exact) mass is 276 g/mol. The molecule has 2 rings (SSSR count). The number of nitrogens with one attached hydrogen (secondary N) is 1. The van der Waals surface area contributed by atoms with E-state index in [0.717, 1.165) is 26.3 Å². The highest BCUT2D eigenvalue weighted by atomic mass is 16.5. The van der Waals surface area contributed by atoms with E-state index in [4.69, 9.17) is 4.74 Å². The van der Waals surface area contributed by atoms with Gasteiger partial charge in [0.25, 0.3) is 0 Å². The van der Waals surface area contributed by atoms with Gasteiger partial charge in [0.15, 0.2) is 0 Å². The van der Waals surface area contributed by atoms with Crippen molar-refractivity contribution in [3.05, 3.63) is 35.4 Å². The fraction of sp³-hybridized carbons (Fsp3) is 0.647. The summed E-state index contributed by atoms with van der Waals surface area (Å²) >= 11 is 0. The van der Waals surface area contributed by atoms with Gasteiger partial charge in [0.1, 0.15) is 0 Å². The number of benzene rings is 1. The van der Waals surface area contributed by atoms with Crippen LogP contribution in [0.5, 0.6) is 0 Å². The lowest BCUT2D eigenvalue weighted by Gasteiger charge is -2.15. The molecule has 1 fully saturated rings. The van der Waals surface area contributed by atoms with Crippen LogP contribution in [-0.4, -0.2) is 37.7 Å². The highest BCUT2D eigenvalue weighted by molar-refractivity contribution is 5.26. The average molecular weight is 276 g/mol. The van der Waals surface area contributed by atoms with Gasteiger partial charge in [-0.3, -0.25) is 0 Å². The fourth-order valence-corrected chi connectivity index (χ4v) is 2.74. The van der Waals surface area contributed by atoms with Crippen molar-refractivity contribution in [2.24, 2.45) is 0 Å². The maximum absolute atomic E-state index is 5.52. The van der Waals surface area contributed by atoms with E-state index >= 15 is 0 Å². The Morgan fingerprint density at radius 2 is 1.90 bits per heavy atom. The van der Waals surface area contributed by atoms with Crippen LogP contribution in [0.25, 0.3) is 0 Å². The van der Waals surface area contributed by atoms with E-state index in [9.17, 15) is 0 Å². The molecule has 0 saturated carbocycles. The van der Waals surface area contributed by atoms with E-state index in [1.165, 1.54) is 50.0 Å². The second kappa shape index (κ2) is 9.11. The van der Waals surface area contributed by atoms with Crippen LogP contribution in [0, 0.1) is 0 Å². The molecule has 0 bridgehead atoms. The lowest BCUT2D eigenvalue weighted by Crippen LogP contribution is -2.24. The molecule has 0 unspecified atom stereocenters. The van der Waals surface area contributed by atoms with Gasteiger partial charge in [0, 0.05) is 13.2 Å². The van der Waals surface area contributed by atoms with Crippen molar-refractivity contribution < 1.29 is 4.74 Å². The number of nitrogens with zero attached hydrogens (tertiary/aromatic N) is 1. The first-order chi connectivity index (χ1) is 9.90. The van der Waals surface area contributed by atoms with Crippen LogP contribution in [0.4, 0.5) is 0 Å². The summed E-state index contributed by atoms with van der Waals surface area (Å²) in [5.74, 6) is 0. The first kappa shape index (κ1) is 15.5. The Morgan fingerprint density at radius 1 is 1.15 bits per heavy atom. The molecule has 0 amide bonds. The van der Waals surface area contributed by atoms with Crippen molar-refractivity contribution in [2.75, 3.05) is 32.8 Å². The number of hydrogen-bond donors (Lipinski definition) is 1. The van der Waals surface area contributed by atoms with Crippen LogP contribution in [-0.2, 0) is 17.9 Å². The third kappa shape index (κ3) is 5.23. The molecule has 1 N–H and O–H groups in total. The highest BCUT2D eigenvalue weighted by Crippen LogP contribution is 2.10. The minimum absolute atomic E-state index is 0.724. The molecule has 0 spiro atoms. The van der Waals surface area contributed by atoms with Gasteiger partial charge in [-0.2, -0.15) is 0 Å². The predicted octanol–water partition coefficient (Wildman–Crippen LogP) is 2.80. The van der Waals surface area contributed by atoms with Gasteiger partial charge in [0.2, 0.25) is 0 Å².